The fourth-order valence-electron chi connectivity index (χ4n) is 3.47. The lowest BCUT2D eigenvalue weighted by molar-refractivity contribution is 0.206. The molecule has 1 nitrogen and oxygen atoms in total. The second kappa shape index (κ2) is 5.75. The summed E-state index contributed by atoms with van der Waals surface area (Å²) in [7, 11) is 1.73. The summed E-state index contributed by atoms with van der Waals surface area (Å²) >= 11 is 6.82. The predicted molar refractivity (Wildman–Crippen MR) is 82.3 cm³/mol. The van der Waals surface area contributed by atoms with Gasteiger partial charge in [-0.3, -0.25) is 0 Å². The van der Waals surface area contributed by atoms with Gasteiger partial charge >= 0.3 is 0 Å². The standard InChI is InChI=1S/C17H25ClO/c1-12-10-14(11-13(2)15(12)19-4)16(18)17(3)8-6-5-7-9-17/h10-11,16H,5-9H2,1-4H3. The third-order valence-electron chi connectivity index (χ3n) is 4.59. The summed E-state index contributed by atoms with van der Waals surface area (Å²) < 4.78 is 5.44. The molecule has 1 atom stereocenters. The number of benzene rings is 1. The molecular formula is C17H25ClO. The molecule has 1 unspecified atom stereocenters. The molecule has 19 heavy (non-hydrogen) atoms. The van der Waals surface area contributed by atoms with E-state index < -0.39 is 0 Å². The topological polar surface area (TPSA) is 9.23 Å². The van der Waals surface area contributed by atoms with E-state index in [4.69, 9.17) is 16.3 Å². The van der Waals surface area contributed by atoms with Gasteiger partial charge in [-0.1, -0.05) is 38.3 Å². The van der Waals surface area contributed by atoms with Crippen LogP contribution in [0.1, 0.15) is 61.1 Å². The Morgan fingerprint density at radius 1 is 1.11 bits per heavy atom. The highest BCUT2D eigenvalue weighted by Crippen LogP contribution is 2.49. The number of ether oxygens (including phenoxy) is 1. The van der Waals surface area contributed by atoms with Gasteiger partial charge in [0, 0.05) is 0 Å². The SMILES string of the molecule is COc1c(C)cc(C(Cl)C2(C)CCCCC2)cc1C. The van der Waals surface area contributed by atoms with Crippen LogP contribution < -0.4 is 4.74 Å². The molecule has 0 bridgehead atoms. The van der Waals surface area contributed by atoms with Gasteiger partial charge in [-0.25, -0.2) is 0 Å². The molecule has 106 valence electrons. The Balaban J connectivity index is 2.31. The minimum atomic E-state index is 0.108. The summed E-state index contributed by atoms with van der Waals surface area (Å²) in [6, 6.07) is 4.40. The Bertz CT molecular complexity index is 424. The Morgan fingerprint density at radius 2 is 1.63 bits per heavy atom. The van der Waals surface area contributed by atoms with Gasteiger partial charge in [-0.15, -0.1) is 11.6 Å². The summed E-state index contributed by atoms with van der Waals surface area (Å²) in [6.07, 6.45) is 6.47. The van der Waals surface area contributed by atoms with Crippen LogP contribution in [0.25, 0.3) is 0 Å². The second-order valence-corrected chi connectivity index (χ2v) is 6.70. The molecule has 1 aliphatic carbocycles. The molecule has 1 saturated carbocycles. The summed E-state index contributed by atoms with van der Waals surface area (Å²) in [6.45, 7) is 6.54. The van der Waals surface area contributed by atoms with Gasteiger partial charge in [-0.2, -0.15) is 0 Å². The zero-order valence-electron chi connectivity index (χ0n) is 12.6. The average Bonchev–Trinajstić information content (AvgIpc) is 2.38. The molecule has 0 heterocycles. The molecule has 1 fully saturated rings. The highest BCUT2D eigenvalue weighted by atomic mass is 35.5. The van der Waals surface area contributed by atoms with Crippen LogP contribution in [0.3, 0.4) is 0 Å². The van der Waals surface area contributed by atoms with Crippen molar-refractivity contribution in [1.29, 1.82) is 0 Å². The van der Waals surface area contributed by atoms with Crippen LogP contribution in [0.2, 0.25) is 0 Å². The maximum Gasteiger partial charge on any atom is 0.124 e. The Hall–Kier alpha value is -0.690. The Labute approximate surface area is 122 Å². The first kappa shape index (κ1) is 14.7. The van der Waals surface area contributed by atoms with E-state index in [1.54, 1.807) is 7.11 Å². The van der Waals surface area contributed by atoms with Crippen molar-refractivity contribution in [2.24, 2.45) is 5.41 Å². The van der Waals surface area contributed by atoms with Crippen molar-refractivity contribution in [3.05, 3.63) is 28.8 Å². The number of aryl methyl sites for hydroxylation is 2. The van der Waals surface area contributed by atoms with Crippen LogP contribution in [0.15, 0.2) is 12.1 Å². The van der Waals surface area contributed by atoms with E-state index in [0.29, 0.717) is 0 Å². The quantitative estimate of drug-likeness (QED) is 0.659. The van der Waals surface area contributed by atoms with Gasteiger partial charge in [0.1, 0.15) is 5.75 Å². The molecule has 0 aliphatic heterocycles. The van der Waals surface area contributed by atoms with E-state index in [0.717, 1.165) is 5.75 Å². The van der Waals surface area contributed by atoms with Crippen molar-refractivity contribution in [1.82, 2.24) is 0 Å². The first-order valence-corrected chi connectivity index (χ1v) is 7.71. The predicted octanol–water partition coefficient (Wildman–Crippen LogP) is 5.56. The fraction of sp³-hybridized carbons (Fsp3) is 0.647. The molecule has 1 aliphatic rings. The zero-order chi connectivity index (χ0) is 14.0. The minimum Gasteiger partial charge on any atom is -0.496 e. The first-order valence-electron chi connectivity index (χ1n) is 7.27. The van der Waals surface area contributed by atoms with Crippen molar-refractivity contribution >= 4 is 11.6 Å². The van der Waals surface area contributed by atoms with Gasteiger partial charge in [0.25, 0.3) is 0 Å². The summed E-state index contributed by atoms with van der Waals surface area (Å²) in [5.74, 6) is 0.987. The molecule has 1 aromatic carbocycles. The van der Waals surface area contributed by atoms with E-state index in [1.165, 1.54) is 48.8 Å². The molecule has 1 aromatic rings. The van der Waals surface area contributed by atoms with Crippen molar-refractivity contribution in [2.75, 3.05) is 7.11 Å². The second-order valence-electron chi connectivity index (χ2n) is 6.27. The van der Waals surface area contributed by atoms with Crippen molar-refractivity contribution in [3.8, 4) is 5.75 Å². The van der Waals surface area contributed by atoms with Crippen LogP contribution in [-0.2, 0) is 0 Å². The third kappa shape index (κ3) is 2.91. The lowest BCUT2D eigenvalue weighted by Gasteiger charge is -2.38. The number of halogens is 1. The Morgan fingerprint density at radius 3 is 2.11 bits per heavy atom. The molecule has 0 spiro atoms. The largest absolute Gasteiger partial charge is 0.496 e. The van der Waals surface area contributed by atoms with Crippen molar-refractivity contribution in [2.45, 2.75) is 58.3 Å². The third-order valence-corrected chi connectivity index (χ3v) is 5.37. The van der Waals surface area contributed by atoms with Crippen molar-refractivity contribution < 1.29 is 4.74 Å². The highest BCUT2D eigenvalue weighted by molar-refractivity contribution is 6.21. The van der Waals surface area contributed by atoms with Crippen LogP contribution >= 0.6 is 11.6 Å². The molecule has 2 heteroatoms. The van der Waals surface area contributed by atoms with Crippen LogP contribution in [0.5, 0.6) is 5.75 Å². The average molecular weight is 281 g/mol. The van der Waals surface area contributed by atoms with Crippen LogP contribution in [-0.4, -0.2) is 7.11 Å². The minimum absolute atomic E-state index is 0.108. The fourth-order valence-corrected chi connectivity index (χ4v) is 3.81. The Kier molecular flexibility index (Phi) is 4.45. The van der Waals surface area contributed by atoms with E-state index in [2.05, 4.69) is 32.9 Å². The molecular weight excluding hydrogens is 256 g/mol. The number of alkyl halides is 1. The van der Waals surface area contributed by atoms with Gasteiger partial charge < -0.3 is 4.74 Å². The van der Waals surface area contributed by atoms with E-state index in [1.807, 2.05) is 0 Å². The molecule has 2 rings (SSSR count). The maximum atomic E-state index is 6.82. The molecule has 0 amide bonds. The summed E-state index contributed by atoms with van der Waals surface area (Å²) in [4.78, 5) is 0. The molecule has 0 radical (unpaired) electrons. The van der Waals surface area contributed by atoms with Gasteiger partial charge in [0.2, 0.25) is 0 Å². The van der Waals surface area contributed by atoms with Crippen LogP contribution in [0, 0.1) is 19.3 Å². The van der Waals surface area contributed by atoms with E-state index in [9.17, 15) is 0 Å². The summed E-state index contributed by atoms with van der Waals surface area (Å²) in [5, 5.41) is 0.108. The van der Waals surface area contributed by atoms with E-state index in [-0.39, 0.29) is 10.8 Å². The lowest BCUT2D eigenvalue weighted by atomic mass is 9.71. The number of hydrogen-bond donors (Lipinski definition) is 0. The number of hydrogen-bond acceptors (Lipinski definition) is 1. The maximum absolute atomic E-state index is 6.82. The smallest absolute Gasteiger partial charge is 0.124 e. The van der Waals surface area contributed by atoms with Gasteiger partial charge in [0.15, 0.2) is 0 Å². The molecule has 0 N–H and O–H groups in total. The highest BCUT2D eigenvalue weighted by Gasteiger charge is 2.35. The summed E-state index contributed by atoms with van der Waals surface area (Å²) in [5.41, 5.74) is 3.86. The monoisotopic (exact) mass is 280 g/mol. The molecule has 0 saturated heterocycles. The zero-order valence-corrected chi connectivity index (χ0v) is 13.3. The van der Waals surface area contributed by atoms with Crippen molar-refractivity contribution in [3.63, 3.8) is 0 Å². The number of rotatable bonds is 3. The van der Waals surface area contributed by atoms with Crippen LogP contribution in [0.4, 0.5) is 0 Å². The molecule has 0 aromatic heterocycles. The lowest BCUT2D eigenvalue weighted by Crippen LogP contribution is -2.25. The van der Waals surface area contributed by atoms with Gasteiger partial charge in [0.05, 0.1) is 12.5 Å². The van der Waals surface area contributed by atoms with Gasteiger partial charge in [-0.05, 0) is 48.8 Å². The van der Waals surface area contributed by atoms with E-state index >= 15 is 0 Å². The first-order chi connectivity index (χ1) is 8.98. The number of methoxy groups -OCH3 is 1. The normalized spacial score (nSPS) is 20.1.